The van der Waals surface area contributed by atoms with Gasteiger partial charge in [0.25, 0.3) is 0 Å². The van der Waals surface area contributed by atoms with Gasteiger partial charge in [0, 0.05) is 23.0 Å². The first-order chi connectivity index (χ1) is 12.8. The molecule has 1 unspecified atom stereocenters. The van der Waals surface area contributed by atoms with E-state index in [9.17, 15) is 5.11 Å². The zero-order valence-electron chi connectivity index (χ0n) is 17.8. The molecule has 0 aliphatic rings. The Kier molecular flexibility index (Phi) is 7.25. The summed E-state index contributed by atoms with van der Waals surface area (Å²) in [5, 5.41) is 13.4. The van der Waals surface area contributed by atoms with Crippen molar-refractivity contribution >= 4 is 5.69 Å². The van der Waals surface area contributed by atoms with Gasteiger partial charge in [0.2, 0.25) is 5.88 Å². The van der Waals surface area contributed by atoms with Gasteiger partial charge in [-0.15, -0.1) is 0 Å². The van der Waals surface area contributed by atoms with Crippen LogP contribution in [-0.4, -0.2) is 22.2 Å². The number of rotatable bonds is 8. The molecule has 0 saturated carbocycles. The molecule has 2 aromatic rings. The molecule has 0 bridgehead atoms. The molecule has 1 heterocycles. The van der Waals surface area contributed by atoms with E-state index in [-0.39, 0.29) is 6.10 Å². The Balaban J connectivity index is 2.41. The number of aromatic nitrogens is 1. The monoisotopic (exact) mass is 370 g/mol. The number of aliphatic hydroxyl groups is 1. The highest BCUT2D eigenvalue weighted by Crippen LogP contribution is 2.34. The highest BCUT2D eigenvalue weighted by Gasteiger charge is 2.16. The zero-order valence-corrected chi connectivity index (χ0v) is 17.8. The number of ether oxygens (including phenoxy) is 1. The molecule has 1 aromatic carbocycles. The van der Waals surface area contributed by atoms with Crippen molar-refractivity contribution < 1.29 is 9.84 Å². The number of anilines is 1. The summed E-state index contributed by atoms with van der Waals surface area (Å²) in [4.78, 5) is 4.65. The van der Waals surface area contributed by atoms with Gasteiger partial charge in [0.05, 0.1) is 6.10 Å². The maximum atomic E-state index is 9.77. The van der Waals surface area contributed by atoms with Gasteiger partial charge in [-0.25, -0.2) is 4.98 Å². The van der Waals surface area contributed by atoms with Crippen molar-refractivity contribution in [1.82, 2.24) is 4.98 Å². The minimum Gasteiger partial charge on any atom is -0.438 e. The Morgan fingerprint density at radius 3 is 2.33 bits per heavy atom. The summed E-state index contributed by atoms with van der Waals surface area (Å²) in [6, 6.07) is 6.65. The maximum Gasteiger partial charge on any atom is 0.224 e. The van der Waals surface area contributed by atoms with Gasteiger partial charge in [-0.1, -0.05) is 26.0 Å². The summed E-state index contributed by atoms with van der Waals surface area (Å²) < 4.78 is 6.33. The lowest BCUT2D eigenvalue weighted by molar-refractivity contribution is 0.195. The molecule has 0 aliphatic heterocycles. The van der Waals surface area contributed by atoms with Gasteiger partial charge in [-0.2, -0.15) is 0 Å². The van der Waals surface area contributed by atoms with Crippen LogP contribution in [0.1, 0.15) is 61.6 Å². The highest BCUT2D eigenvalue weighted by molar-refractivity contribution is 5.57. The van der Waals surface area contributed by atoms with Crippen molar-refractivity contribution in [3.63, 3.8) is 0 Å². The van der Waals surface area contributed by atoms with Gasteiger partial charge in [-0.05, 0) is 76.6 Å². The minimum atomic E-state index is -0.381. The Labute approximate surface area is 164 Å². The fourth-order valence-electron chi connectivity index (χ4n) is 3.33. The Morgan fingerprint density at radius 2 is 1.74 bits per heavy atom. The lowest BCUT2D eigenvalue weighted by Gasteiger charge is -2.21. The topological polar surface area (TPSA) is 54.4 Å². The fourth-order valence-corrected chi connectivity index (χ4v) is 3.33. The van der Waals surface area contributed by atoms with Gasteiger partial charge in [0.1, 0.15) is 5.75 Å². The Hall–Kier alpha value is -2.07. The third-order valence-corrected chi connectivity index (χ3v) is 5.13. The van der Waals surface area contributed by atoms with Crippen LogP contribution < -0.4 is 10.1 Å². The van der Waals surface area contributed by atoms with E-state index in [4.69, 9.17) is 4.74 Å². The molecule has 2 N–H and O–H groups in total. The fraction of sp³-hybridized carbons (Fsp3) is 0.522. The van der Waals surface area contributed by atoms with E-state index in [2.05, 4.69) is 56.2 Å². The second kappa shape index (κ2) is 9.23. The van der Waals surface area contributed by atoms with Crippen LogP contribution in [0.2, 0.25) is 0 Å². The largest absolute Gasteiger partial charge is 0.438 e. The van der Waals surface area contributed by atoms with Crippen LogP contribution in [0.3, 0.4) is 0 Å². The molecule has 0 aliphatic carbocycles. The first-order valence-corrected chi connectivity index (χ1v) is 9.96. The summed E-state index contributed by atoms with van der Waals surface area (Å²) in [7, 11) is 0. The van der Waals surface area contributed by atoms with Gasteiger partial charge in [-0.3, -0.25) is 0 Å². The van der Waals surface area contributed by atoms with Gasteiger partial charge in [0.15, 0.2) is 0 Å². The Morgan fingerprint density at radius 1 is 1.07 bits per heavy atom. The number of nitrogens with one attached hydrogen (secondary N) is 1. The number of aryl methyl sites for hydroxylation is 2. The number of hydrogen-bond acceptors (Lipinski definition) is 4. The standard InChI is InChI=1S/C23H34N2O2/c1-8-20(9-2)25-21-12-15(4)24-23(18(21)7)27-22-14(3)10-11-19(17(22)6)13-16(5)26/h10-12,16,20,26H,8-9,13H2,1-7H3,(H,24,25). The molecule has 2 rings (SSSR count). The van der Waals surface area contributed by atoms with Crippen LogP contribution >= 0.6 is 0 Å². The quantitative estimate of drug-likeness (QED) is 0.632. The predicted molar refractivity (Wildman–Crippen MR) is 113 cm³/mol. The molecule has 0 radical (unpaired) electrons. The van der Waals surface area contributed by atoms with E-state index in [0.29, 0.717) is 18.3 Å². The molecule has 0 saturated heterocycles. The third-order valence-electron chi connectivity index (χ3n) is 5.13. The average molecular weight is 371 g/mol. The zero-order chi connectivity index (χ0) is 20.1. The maximum absolute atomic E-state index is 9.77. The van der Waals surface area contributed by atoms with Gasteiger partial charge < -0.3 is 15.2 Å². The molecular formula is C23H34N2O2. The molecule has 4 nitrogen and oxygen atoms in total. The van der Waals surface area contributed by atoms with E-state index in [1.807, 2.05) is 20.8 Å². The first kappa shape index (κ1) is 21.2. The molecular weight excluding hydrogens is 336 g/mol. The average Bonchev–Trinajstić information content (AvgIpc) is 2.61. The van der Waals surface area contributed by atoms with Crippen LogP contribution in [0.15, 0.2) is 18.2 Å². The van der Waals surface area contributed by atoms with Crippen molar-refractivity contribution in [2.45, 2.75) is 79.9 Å². The van der Waals surface area contributed by atoms with Crippen LogP contribution in [0, 0.1) is 27.7 Å². The van der Waals surface area contributed by atoms with E-state index < -0.39 is 0 Å². The van der Waals surface area contributed by atoms with Crippen molar-refractivity contribution in [3.05, 3.63) is 46.1 Å². The van der Waals surface area contributed by atoms with Gasteiger partial charge >= 0.3 is 0 Å². The minimum absolute atomic E-state index is 0.381. The molecule has 0 spiro atoms. The SMILES string of the molecule is CCC(CC)Nc1cc(C)nc(Oc2c(C)ccc(CC(C)O)c2C)c1C. The Bertz CT molecular complexity index is 780. The second-order valence-corrected chi connectivity index (χ2v) is 7.55. The normalized spacial score (nSPS) is 12.3. The van der Waals surface area contributed by atoms with Crippen molar-refractivity contribution in [2.24, 2.45) is 0 Å². The lowest BCUT2D eigenvalue weighted by Crippen LogP contribution is -2.18. The van der Waals surface area contributed by atoms with Crippen LogP contribution in [0.25, 0.3) is 0 Å². The molecule has 1 aromatic heterocycles. The number of pyridine rings is 1. The van der Waals surface area contributed by atoms with E-state index >= 15 is 0 Å². The number of aliphatic hydroxyl groups excluding tert-OH is 1. The van der Waals surface area contributed by atoms with E-state index in [1.54, 1.807) is 0 Å². The predicted octanol–water partition coefficient (Wildman–Crippen LogP) is 5.63. The number of hydrogen-bond donors (Lipinski definition) is 2. The molecule has 1 atom stereocenters. The summed E-state index contributed by atoms with van der Waals surface area (Å²) >= 11 is 0. The molecule has 0 amide bonds. The summed E-state index contributed by atoms with van der Waals surface area (Å²) in [5.41, 5.74) is 6.27. The second-order valence-electron chi connectivity index (χ2n) is 7.55. The molecule has 4 heteroatoms. The van der Waals surface area contributed by atoms with Crippen LogP contribution in [0.5, 0.6) is 11.6 Å². The number of benzene rings is 1. The summed E-state index contributed by atoms with van der Waals surface area (Å²) in [5.74, 6) is 1.48. The van der Waals surface area contributed by atoms with Crippen LogP contribution in [-0.2, 0) is 6.42 Å². The van der Waals surface area contributed by atoms with E-state index in [0.717, 1.165) is 52.2 Å². The molecule has 148 valence electrons. The first-order valence-electron chi connectivity index (χ1n) is 9.96. The van der Waals surface area contributed by atoms with Crippen LogP contribution in [0.4, 0.5) is 5.69 Å². The number of nitrogens with zero attached hydrogens (tertiary/aromatic N) is 1. The van der Waals surface area contributed by atoms with E-state index in [1.165, 1.54) is 0 Å². The summed E-state index contributed by atoms with van der Waals surface area (Å²) in [6.07, 6.45) is 2.39. The lowest BCUT2D eigenvalue weighted by atomic mass is 9.99. The van der Waals surface area contributed by atoms with Crippen molar-refractivity contribution in [3.8, 4) is 11.6 Å². The molecule has 27 heavy (non-hydrogen) atoms. The molecule has 0 fully saturated rings. The van der Waals surface area contributed by atoms with Crippen molar-refractivity contribution in [2.75, 3.05) is 5.32 Å². The highest BCUT2D eigenvalue weighted by atomic mass is 16.5. The summed E-state index contributed by atoms with van der Waals surface area (Å²) in [6.45, 7) is 14.3. The smallest absolute Gasteiger partial charge is 0.224 e. The van der Waals surface area contributed by atoms with Crippen molar-refractivity contribution in [1.29, 1.82) is 0 Å². The third kappa shape index (κ3) is 5.23.